The summed E-state index contributed by atoms with van der Waals surface area (Å²) in [6.07, 6.45) is 0. The first-order valence-electron chi connectivity index (χ1n) is 7.13. The molecule has 0 bridgehead atoms. The van der Waals surface area contributed by atoms with E-state index < -0.39 is 0 Å². The van der Waals surface area contributed by atoms with Crippen LogP contribution in [0.5, 0.6) is 0 Å². The van der Waals surface area contributed by atoms with Crippen molar-refractivity contribution in [2.24, 2.45) is 0 Å². The fourth-order valence-electron chi connectivity index (χ4n) is 1.65. The number of methoxy groups -OCH3 is 1. The number of thioether (sulfide) groups is 1. The van der Waals surface area contributed by atoms with Crippen LogP contribution in [0.2, 0.25) is 0 Å². The first-order valence-corrected chi connectivity index (χ1v) is 9.38. The standard InChI is InChI=1S/C15H22BrN3O2S2/c1-10(8-21-3)17-15(22)19-18-14(20)11(2)23-9-12-4-6-13(16)7-5-12/h4-7,10-11H,8-9H2,1-3H3,(H,18,20)(H2,17,19,22)/t10-,11-/m1/s1. The average molecular weight is 420 g/mol. The Morgan fingerprint density at radius 3 is 2.57 bits per heavy atom. The van der Waals surface area contributed by atoms with Crippen LogP contribution in [0.3, 0.4) is 0 Å². The zero-order chi connectivity index (χ0) is 17.2. The van der Waals surface area contributed by atoms with Crippen molar-refractivity contribution in [1.82, 2.24) is 16.2 Å². The molecular weight excluding hydrogens is 398 g/mol. The van der Waals surface area contributed by atoms with Gasteiger partial charge in [0.25, 0.3) is 5.91 Å². The largest absolute Gasteiger partial charge is 0.383 e. The molecule has 1 aromatic rings. The highest BCUT2D eigenvalue weighted by molar-refractivity contribution is 9.10. The lowest BCUT2D eigenvalue weighted by atomic mass is 10.2. The molecule has 0 spiro atoms. The van der Waals surface area contributed by atoms with Gasteiger partial charge in [-0.3, -0.25) is 15.6 Å². The number of benzene rings is 1. The Bertz CT molecular complexity index is 514. The Morgan fingerprint density at radius 2 is 1.96 bits per heavy atom. The number of carbonyl (C=O) groups is 1. The molecule has 0 aliphatic heterocycles. The van der Waals surface area contributed by atoms with E-state index in [1.165, 1.54) is 5.56 Å². The van der Waals surface area contributed by atoms with Crippen LogP contribution >= 0.6 is 39.9 Å². The van der Waals surface area contributed by atoms with Gasteiger partial charge in [0.2, 0.25) is 0 Å². The number of halogens is 1. The van der Waals surface area contributed by atoms with Crippen molar-refractivity contribution in [2.75, 3.05) is 13.7 Å². The highest BCUT2D eigenvalue weighted by atomic mass is 79.9. The highest BCUT2D eigenvalue weighted by Crippen LogP contribution is 2.19. The lowest BCUT2D eigenvalue weighted by molar-refractivity contribution is -0.120. The van der Waals surface area contributed by atoms with Gasteiger partial charge in [0.1, 0.15) is 0 Å². The van der Waals surface area contributed by atoms with Crippen molar-refractivity contribution in [3.05, 3.63) is 34.3 Å². The number of ether oxygens (including phenoxy) is 1. The van der Waals surface area contributed by atoms with Crippen LogP contribution < -0.4 is 16.2 Å². The van der Waals surface area contributed by atoms with Gasteiger partial charge in [0.05, 0.1) is 11.9 Å². The molecule has 0 radical (unpaired) electrons. The van der Waals surface area contributed by atoms with E-state index in [2.05, 4.69) is 32.1 Å². The maximum Gasteiger partial charge on any atom is 0.251 e. The number of carbonyl (C=O) groups excluding carboxylic acids is 1. The molecule has 5 nitrogen and oxygen atoms in total. The summed E-state index contributed by atoms with van der Waals surface area (Å²) in [4.78, 5) is 12.0. The minimum absolute atomic E-state index is 0.0705. The number of rotatable bonds is 7. The van der Waals surface area contributed by atoms with Crippen LogP contribution in [0.1, 0.15) is 19.4 Å². The van der Waals surface area contributed by atoms with Crippen molar-refractivity contribution in [2.45, 2.75) is 30.9 Å². The molecule has 1 amide bonds. The number of hydrogen-bond donors (Lipinski definition) is 3. The van der Waals surface area contributed by atoms with Crippen LogP contribution in [-0.2, 0) is 15.3 Å². The van der Waals surface area contributed by atoms with E-state index in [0.717, 1.165) is 10.2 Å². The first kappa shape index (κ1) is 20.2. The minimum Gasteiger partial charge on any atom is -0.383 e. The van der Waals surface area contributed by atoms with Gasteiger partial charge in [-0.05, 0) is 43.8 Å². The van der Waals surface area contributed by atoms with E-state index in [-0.39, 0.29) is 17.2 Å². The summed E-state index contributed by atoms with van der Waals surface area (Å²) >= 11 is 10.1. The molecular formula is C15H22BrN3O2S2. The SMILES string of the molecule is COC[C@@H](C)NC(=S)NNC(=O)[C@@H](C)SCc1ccc(Br)cc1. The second kappa shape index (κ2) is 10.9. The minimum atomic E-state index is -0.189. The molecule has 1 rings (SSSR count). The van der Waals surface area contributed by atoms with Crippen LogP contribution in [-0.4, -0.2) is 36.0 Å². The van der Waals surface area contributed by atoms with Gasteiger partial charge in [0, 0.05) is 23.4 Å². The van der Waals surface area contributed by atoms with Crippen LogP contribution in [0.4, 0.5) is 0 Å². The van der Waals surface area contributed by atoms with Gasteiger partial charge >= 0.3 is 0 Å². The molecule has 0 aromatic heterocycles. The second-order valence-electron chi connectivity index (χ2n) is 5.02. The molecule has 8 heteroatoms. The summed E-state index contributed by atoms with van der Waals surface area (Å²) < 4.78 is 6.05. The number of thiocarbonyl (C=S) groups is 1. The summed E-state index contributed by atoms with van der Waals surface area (Å²) in [5.41, 5.74) is 6.49. The Balaban J connectivity index is 2.28. The predicted octanol–water partition coefficient (Wildman–Crippen LogP) is 2.60. The van der Waals surface area contributed by atoms with Gasteiger partial charge in [-0.15, -0.1) is 11.8 Å². The van der Waals surface area contributed by atoms with E-state index in [1.807, 2.05) is 38.1 Å². The van der Waals surface area contributed by atoms with Crippen LogP contribution in [0, 0.1) is 0 Å². The normalized spacial score (nSPS) is 13.0. The Morgan fingerprint density at radius 1 is 1.30 bits per heavy atom. The van der Waals surface area contributed by atoms with Gasteiger partial charge < -0.3 is 10.1 Å². The Kier molecular flexibility index (Phi) is 9.54. The van der Waals surface area contributed by atoms with E-state index in [1.54, 1.807) is 18.9 Å². The summed E-state index contributed by atoms with van der Waals surface area (Å²) in [7, 11) is 1.63. The fraction of sp³-hybridized carbons (Fsp3) is 0.467. The average Bonchev–Trinajstić information content (AvgIpc) is 2.51. The first-order chi connectivity index (χ1) is 10.9. The summed E-state index contributed by atoms with van der Waals surface area (Å²) in [6, 6.07) is 8.13. The predicted molar refractivity (Wildman–Crippen MR) is 103 cm³/mol. The summed E-state index contributed by atoms with van der Waals surface area (Å²) in [5.74, 6) is 0.658. The summed E-state index contributed by atoms with van der Waals surface area (Å²) in [5, 5.41) is 3.19. The smallest absolute Gasteiger partial charge is 0.251 e. The Labute approximate surface area is 155 Å². The monoisotopic (exact) mass is 419 g/mol. The summed E-state index contributed by atoms with van der Waals surface area (Å²) in [6.45, 7) is 4.34. The van der Waals surface area contributed by atoms with E-state index in [0.29, 0.717) is 11.7 Å². The molecule has 0 aliphatic carbocycles. The molecule has 23 heavy (non-hydrogen) atoms. The van der Waals surface area contributed by atoms with E-state index >= 15 is 0 Å². The zero-order valence-electron chi connectivity index (χ0n) is 13.4. The molecule has 0 unspecified atom stereocenters. The van der Waals surface area contributed by atoms with Crippen LogP contribution in [0.15, 0.2) is 28.7 Å². The molecule has 0 saturated carbocycles. The molecule has 0 aliphatic rings. The molecule has 2 atom stereocenters. The van der Waals surface area contributed by atoms with Crippen molar-refractivity contribution < 1.29 is 9.53 Å². The zero-order valence-corrected chi connectivity index (χ0v) is 16.6. The number of hydrazine groups is 1. The third-order valence-corrected chi connectivity index (χ3v) is 4.84. The topological polar surface area (TPSA) is 62.4 Å². The fourth-order valence-corrected chi connectivity index (χ4v) is 3.01. The van der Waals surface area contributed by atoms with Crippen molar-refractivity contribution in [1.29, 1.82) is 0 Å². The molecule has 0 saturated heterocycles. The van der Waals surface area contributed by atoms with Crippen LogP contribution in [0.25, 0.3) is 0 Å². The van der Waals surface area contributed by atoms with Gasteiger partial charge in [-0.1, -0.05) is 28.1 Å². The molecule has 0 fully saturated rings. The van der Waals surface area contributed by atoms with Gasteiger partial charge in [-0.2, -0.15) is 0 Å². The third-order valence-electron chi connectivity index (χ3n) is 2.88. The molecule has 0 heterocycles. The Hall–Kier alpha value is -0.830. The van der Waals surface area contributed by atoms with Crippen molar-refractivity contribution in [3.63, 3.8) is 0 Å². The highest BCUT2D eigenvalue weighted by Gasteiger charge is 2.14. The quantitative estimate of drug-likeness (QED) is 0.466. The number of amides is 1. The lowest BCUT2D eigenvalue weighted by Crippen LogP contribution is -2.51. The third kappa shape index (κ3) is 8.55. The maximum absolute atomic E-state index is 12.0. The van der Waals surface area contributed by atoms with Gasteiger partial charge in [-0.25, -0.2) is 0 Å². The molecule has 128 valence electrons. The lowest BCUT2D eigenvalue weighted by Gasteiger charge is -2.18. The van der Waals surface area contributed by atoms with Crippen molar-refractivity contribution in [3.8, 4) is 0 Å². The van der Waals surface area contributed by atoms with Gasteiger partial charge in [0.15, 0.2) is 5.11 Å². The van der Waals surface area contributed by atoms with E-state index in [4.69, 9.17) is 17.0 Å². The second-order valence-corrected chi connectivity index (χ2v) is 7.68. The van der Waals surface area contributed by atoms with Crippen molar-refractivity contribution >= 4 is 50.9 Å². The molecule has 3 N–H and O–H groups in total. The number of hydrogen-bond acceptors (Lipinski definition) is 4. The maximum atomic E-state index is 12.0. The van der Waals surface area contributed by atoms with E-state index in [9.17, 15) is 4.79 Å². The number of nitrogens with one attached hydrogen (secondary N) is 3. The molecule has 1 aromatic carbocycles.